The Morgan fingerprint density at radius 3 is 2.49 bits per heavy atom. The molecule has 13 atom stereocenters. The molecule has 0 radical (unpaired) electrons. The average Bonchev–Trinajstić information content (AvgIpc) is 3.60. The highest BCUT2D eigenvalue weighted by atomic mass is 32.2. The summed E-state index contributed by atoms with van der Waals surface area (Å²) < 4.78 is 27.9. The third-order valence-electron chi connectivity index (χ3n) is 10.6. The van der Waals surface area contributed by atoms with Crippen LogP contribution in [-0.2, 0) is 28.5 Å². The fourth-order valence-electron chi connectivity index (χ4n) is 8.36. The zero-order valence-electron chi connectivity index (χ0n) is 24.4. The maximum Gasteiger partial charge on any atom is 0.340 e. The number of carbonyl (C=O) groups is 2. The van der Waals surface area contributed by atoms with Gasteiger partial charge in [-0.2, -0.15) is 11.8 Å². The lowest BCUT2D eigenvalue weighted by atomic mass is 9.42. The van der Waals surface area contributed by atoms with E-state index in [1.54, 1.807) is 18.6 Å². The Morgan fingerprint density at radius 2 is 1.81 bits per heavy atom. The number of thioether (sulfide) groups is 1. The molecule has 1 aromatic rings. The Hall–Kier alpha value is -1.75. The number of aliphatic hydroxyl groups is 6. The first-order valence-electron chi connectivity index (χ1n) is 14.6. The van der Waals surface area contributed by atoms with Gasteiger partial charge in [-0.15, -0.1) is 0 Å². The number of carbonyl (C=O) groups excluding carboxylic acids is 2. The van der Waals surface area contributed by atoms with Crippen molar-refractivity contribution in [1.82, 2.24) is 0 Å². The monoisotopic (exact) mass is 630 g/mol. The second-order valence-electron chi connectivity index (χ2n) is 12.5. The van der Waals surface area contributed by atoms with Crippen LogP contribution in [0.2, 0.25) is 0 Å². The molecule has 0 unspecified atom stereocenters. The first-order chi connectivity index (χ1) is 20.5. The largest absolute Gasteiger partial charge is 0.472 e. The number of esters is 2. The number of aliphatic hydroxyl groups excluding tert-OH is 5. The summed E-state index contributed by atoms with van der Waals surface area (Å²) >= 11 is 1.36. The lowest BCUT2D eigenvalue weighted by molar-refractivity contribution is -0.299. The molecular weight excluding hydrogens is 588 g/mol. The van der Waals surface area contributed by atoms with Crippen molar-refractivity contribution in [2.75, 3.05) is 26.1 Å². The third-order valence-corrected chi connectivity index (χ3v) is 12.0. The summed E-state index contributed by atoms with van der Waals surface area (Å²) in [5, 5.41) is 58.3. The number of fused-ring (bicyclic) bond motifs is 2. The first kappa shape index (κ1) is 32.6. The highest BCUT2D eigenvalue weighted by Crippen LogP contribution is 2.70. The zero-order chi connectivity index (χ0) is 31.3. The van der Waals surface area contributed by atoms with Crippen molar-refractivity contribution in [3.05, 3.63) is 24.2 Å². The Morgan fingerprint density at radius 1 is 1.07 bits per heavy atom. The standard InChI is InChI=1S/C28H38O12S.CH4O/c1-26-10-15(13-5-6-36-12-13)38-23(33)14(26)9-18-27(2)17(26)3-4-19(28(27,35)25(34)40-18)41-8-7-37-24-22(32)21(31)20(30)16(11-29)39-24;1-2/h5-6,12,14-22,24,29-32,35H,3-4,7-11H2,1-2H3;2H,1H3/t14-,15-,16+,17-,18-,19-,20+,21-,22+,24+,26+,27-,28-;/m0./s1. The van der Waals surface area contributed by atoms with Crippen LogP contribution < -0.4 is 0 Å². The molecule has 2 aliphatic carbocycles. The quantitative estimate of drug-likeness (QED) is 0.172. The van der Waals surface area contributed by atoms with E-state index in [-0.39, 0.29) is 24.9 Å². The molecule has 5 aliphatic rings. The Bertz CT molecular complexity index is 1150. The van der Waals surface area contributed by atoms with Gasteiger partial charge in [0.25, 0.3) is 0 Å². The van der Waals surface area contributed by atoms with E-state index in [9.17, 15) is 35.1 Å². The summed E-state index contributed by atoms with van der Waals surface area (Å²) in [4.78, 5) is 26.7. The number of cyclic esters (lactones) is 1. The van der Waals surface area contributed by atoms with Crippen LogP contribution in [0, 0.1) is 22.7 Å². The van der Waals surface area contributed by atoms with Gasteiger partial charge in [-0.1, -0.05) is 13.8 Å². The van der Waals surface area contributed by atoms with Crippen molar-refractivity contribution in [2.24, 2.45) is 22.7 Å². The van der Waals surface area contributed by atoms with E-state index in [4.69, 9.17) is 28.5 Å². The van der Waals surface area contributed by atoms with Crippen molar-refractivity contribution < 1.29 is 63.6 Å². The number of ether oxygens (including phenoxy) is 4. The topological polar surface area (TPSA) is 206 Å². The summed E-state index contributed by atoms with van der Waals surface area (Å²) in [5.41, 5.74) is -2.47. The SMILES string of the molecule is CO.C[C@@]12C[C@@H](c3ccoc3)OC(=O)[C@@H]1C[C@@H]1OC(=O)[C@@]3(O)[C@@H](SCCO[C@@H]4O[C@H](CO)[C@@H](O)[C@H](O)[C@H]4O)CC[C@@H]2[C@@]13C. The van der Waals surface area contributed by atoms with E-state index in [2.05, 4.69) is 6.92 Å². The molecule has 3 aliphatic heterocycles. The second-order valence-corrected chi connectivity index (χ2v) is 13.8. The zero-order valence-corrected chi connectivity index (χ0v) is 25.2. The predicted octanol–water partition coefficient (Wildman–Crippen LogP) is -0.107. The van der Waals surface area contributed by atoms with Gasteiger partial charge in [-0.3, -0.25) is 4.79 Å². The van der Waals surface area contributed by atoms with Crippen LogP contribution in [-0.4, -0.2) is 116 Å². The Kier molecular flexibility index (Phi) is 9.27. The minimum Gasteiger partial charge on any atom is -0.472 e. The summed E-state index contributed by atoms with van der Waals surface area (Å²) in [6.07, 6.45) is -2.82. The summed E-state index contributed by atoms with van der Waals surface area (Å²) in [5.74, 6) is -1.31. The van der Waals surface area contributed by atoms with E-state index in [1.165, 1.54) is 11.8 Å². The van der Waals surface area contributed by atoms with E-state index in [1.807, 2.05) is 6.92 Å². The van der Waals surface area contributed by atoms with Gasteiger partial charge in [0.2, 0.25) is 0 Å². The van der Waals surface area contributed by atoms with Gasteiger partial charge in [-0.05, 0) is 43.1 Å². The summed E-state index contributed by atoms with van der Waals surface area (Å²) in [6, 6.07) is 1.79. The van der Waals surface area contributed by atoms with Crippen LogP contribution in [0.15, 0.2) is 23.0 Å². The van der Waals surface area contributed by atoms with Crippen molar-refractivity contribution in [3.63, 3.8) is 0 Å². The molecule has 0 bridgehead atoms. The average molecular weight is 631 g/mol. The molecule has 14 heteroatoms. The lowest BCUT2D eigenvalue weighted by Gasteiger charge is -2.63. The molecule has 6 rings (SSSR count). The maximum absolute atomic E-state index is 13.4. The second kappa shape index (κ2) is 12.2. The fourth-order valence-corrected chi connectivity index (χ4v) is 9.73. The normalized spacial score (nSPS) is 47.0. The highest BCUT2D eigenvalue weighted by molar-refractivity contribution is 8.00. The van der Waals surface area contributed by atoms with Crippen LogP contribution in [0.3, 0.4) is 0 Å². The van der Waals surface area contributed by atoms with Crippen LogP contribution in [0.1, 0.15) is 51.2 Å². The molecular formula is C29H42O13S. The molecule has 3 saturated heterocycles. The number of hydrogen-bond donors (Lipinski definition) is 6. The smallest absolute Gasteiger partial charge is 0.340 e. The minimum atomic E-state index is -1.78. The van der Waals surface area contributed by atoms with Gasteiger partial charge in [0.15, 0.2) is 11.9 Å². The number of rotatable bonds is 7. The summed E-state index contributed by atoms with van der Waals surface area (Å²) in [7, 11) is 1.00. The van der Waals surface area contributed by atoms with Crippen molar-refractivity contribution in [3.8, 4) is 0 Å². The van der Waals surface area contributed by atoms with Crippen LogP contribution >= 0.6 is 11.8 Å². The molecule has 1 aromatic heterocycles. The van der Waals surface area contributed by atoms with Gasteiger partial charge >= 0.3 is 11.9 Å². The van der Waals surface area contributed by atoms with E-state index >= 15 is 0 Å². The van der Waals surface area contributed by atoms with Gasteiger partial charge in [0.1, 0.15) is 36.6 Å². The van der Waals surface area contributed by atoms with Crippen molar-refractivity contribution in [1.29, 1.82) is 0 Å². The lowest BCUT2D eigenvalue weighted by Crippen LogP contribution is -2.69. The van der Waals surface area contributed by atoms with E-state index in [0.29, 0.717) is 25.0 Å². The third kappa shape index (κ3) is 4.93. The molecule has 0 amide bonds. The van der Waals surface area contributed by atoms with Crippen LogP contribution in [0.5, 0.6) is 0 Å². The molecule has 6 N–H and O–H groups in total. The van der Waals surface area contributed by atoms with E-state index in [0.717, 1.165) is 12.7 Å². The molecule has 2 saturated carbocycles. The Balaban J connectivity index is 0.00000180. The van der Waals surface area contributed by atoms with Crippen molar-refractivity contribution in [2.45, 2.75) is 93.3 Å². The maximum atomic E-state index is 13.4. The van der Waals surface area contributed by atoms with Gasteiger partial charge < -0.3 is 54.0 Å². The van der Waals surface area contributed by atoms with E-state index < -0.39 is 83.1 Å². The first-order valence-corrected chi connectivity index (χ1v) is 15.7. The number of furan rings is 1. The Labute approximate surface area is 253 Å². The van der Waals surface area contributed by atoms with Crippen molar-refractivity contribution >= 4 is 23.7 Å². The predicted molar refractivity (Wildman–Crippen MR) is 148 cm³/mol. The van der Waals surface area contributed by atoms with Gasteiger partial charge in [0.05, 0.1) is 31.7 Å². The highest BCUT2D eigenvalue weighted by Gasteiger charge is 2.78. The molecule has 4 heterocycles. The van der Waals surface area contributed by atoms with Crippen LogP contribution in [0.4, 0.5) is 0 Å². The molecule has 0 spiro atoms. The molecule has 5 fully saturated rings. The number of hydrogen-bond acceptors (Lipinski definition) is 14. The van der Waals surface area contributed by atoms with Crippen LogP contribution in [0.25, 0.3) is 0 Å². The minimum absolute atomic E-state index is 0.0521. The summed E-state index contributed by atoms with van der Waals surface area (Å²) in [6.45, 7) is 3.48. The van der Waals surface area contributed by atoms with Gasteiger partial charge in [0, 0.05) is 29.1 Å². The van der Waals surface area contributed by atoms with Gasteiger partial charge in [-0.25, -0.2) is 4.79 Å². The molecule has 13 nitrogen and oxygen atoms in total. The molecule has 43 heavy (non-hydrogen) atoms. The molecule has 242 valence electrons. The molecule has 0 aromatic carbocycles. The fraction of sp³-hybridized carbons (Fsp3) is 0.793.